The second-order valence-corrected chi connectivity index (χ2v) is 3.41. The minimum atomic E-state index is -1.40. The van der Waals surface area contributed by atoms with Crippen LogP contribution in [-0.4, -0.2) is 35.1 Å². The van der Waals surface area contributed by atoms with Crippen molar-refractivity contribution in [3.05, 3.63) is 12.2 Å². The summed E-state index contributed by atoms with van der Waals surface area (Å²) in [6.07, 6.45) is -1.40. The second kappa shape index (κ2) is 5.89. The summed E-state index contributed by atoms with van der Waals surface area (Å²) in [7, 11) is 0. The Labute approximate surface area is 93.3 Å². The molecular formula is C10H15NO5. The number of ether oxygens (including phenoxy) is 1. The van der Waals surface area contributed by atoms with Crippen LogP contribution in [0.2, 0.25) is 0 Å². The zero-order valence-electron chi connectivity index (χ0n) is 9.44. The summed E-state index contributed by atoms with van der Waals surface area (Å²) in [6.45, 7) is 7.43. The third-order valence-corrected chi connectivity index (χ3v) is 1.74. The Balaban J connectivity index is 4.56. The first-order valence-corrected chi connectivity index (χ1v) is 4.62. The molecule has 2 N–H and O–H groups in total. The molecule has 0 saturated carbocycles. The lowest BCUT2D eigenvalue weighted by Crippen LogP contribution is -2.47. The van der Waals surface area contributed by atoms with Crippen LogP contribution in [0, 0.1) is 0 Å². The van der Waals surface area contributed by atoms with E-state index in [-0.39, 0.29) is 5.57 Å². The largest absolute Gasteiger partial charge is 0.478 e. The van der Waals surface area contributed by atoms with Crippen molar-refractivity contribution in [2.75, 3.05) is 0 Å². The van der Waals surface area contributed by atoms with Gasteiger partial charge in [-0.1, -0.05) is 6.58 Å². The molecule has 0 heterocycles. The molecule has 6 nitrogen and oxygen atoms in total. The summed E-state index contributed by atoms with van der Waals surface area (Å²) in [6, 6.07) is -0.828. The Morgan fingerprint density at radius 2 is 1.81 bits per heavy atom. The van der Waals surface area contributed by atoms with E-state index in [0.29, 0.717) is 0 Å². The van der Waals surface area contributed by atoms with Gasteiger partial charge in [-0.15, -0.1) is 0 Å². The van der Waals surface area contributed by atoms with Crippen LogP contribution in [0.3, 0.4) is 0 Å². The van der Waals surface area contributed by atoms with Gasteiger partial charge in [0.25, 0.3) is 0 Å². The summed E-state index contributed by atoms with van der Waals surface area (Å²) >= 11 is 0. The Morgan fingerprint density at radius 3 is 2.12 bits per heavy atom. The minimum Gasteiger partial charge on any atom is -0.478 e. The molecule has 0 aliphatic carbocycles. The highest BCUT2D eigenvalue weighted by molar-refractivity contribution is 5.92. The fraction of sp³-hybridized carbons (Fsp3) is 0.500. The monoisotopic (exact) mass is 229 g/mol. The van der Waals surface area contributed by atoms with E-state index >= 15 is 0 Å². The van der Waals surface area contributed by atoms with Gasteiger partial charge in [-0.2, -0.15) is 0 Å². The zero-order valence-corrected chi connectivity index (χ0v) is 9.44. The van der Waals surface area contributed by atoms with E-state index in [1.165, 1.54) is 13.8 Å². The first-order valence-electron chi connectivity index (χ1n) is 4.62. The van der Waals surface area contributed by atoms with Gasteiger partial charge in [0.2, 0.25) is 12.0 Å². The van der Waals surface area contributed by atoms with Gasteiger partial charge in [-0.3, -0.25) is 9.59 Å². The predicted molar refractivity (Wildman–Crippen MR) is 55.6 cm³/mol. The van der Waals surface area contributed by atoms with Crippen molar-refractivity contribution < 1.29 is 24.2 Å². The van der Waals surface area contributed by atoms with Gasteiger partial charge >= 0.3 is 11.9 Å². The van der Waals surface area contributed by atoms with Crippen LogP contribution >= 0.6 is 0 Å². The normalized spacial score (nSPS) is 13.4. The quantitative estimate of drug-likeness (QED) is 0.514. The maximum Gasteiger partial charge on any atom is 0.347 e. The van der Waals surface area contributed by atoms with Crippen molar-refractivity contribution in [3.63, 3.8) is 0 Å². The Morgan fingerprint density at radius 1 is 1.31 bits per heavy atom. The average molecular weight is 229 g/mol. The molecule has 0 rings (SSSR count). The number of hydrogen-bond donors (Lipinski definition) is 2. The summed E-state index contributed by atoms with van der Waals surface area (Å²) in [4.78, 5) is 32.7. The highest BCUT2D eigenvalue weighted by Gasteiger charge is 2.28. The summed E-state index contributed by atoms with van der Waals surface area (Å²) in [5.74, 6) is -2.51. The molecule has 2 atom stereocenters. The summed E-state index contributed by atoms with van der Waals surface area (Å²) in [5, 5.41) is 11.2. The van der Waals surface area contributed by atoms with Crippen LogP contribution in [0.1, 0.15) is 20.8 Å². The highest BCUT2D eigenvalue weighted by Crippen LogP contribution is 2.02. The van der Waals surface area contributed by atoms with E-state index in [9.17, 15) is 14.4 Å². The lowest BCUT2D eigenvalue weighted by atomic mass is 10.1. The molecule has 1 amide bonds. The first kappa shape index (κ1) is 14.2. The van der Waals surface area contributed by atoms with Gasteiger partial charge in [0.05, 0.1) is 6.04 Å². The Hall–Kier alpha value is -1.85. The van der Waals surface area contributed by atoms with Gasteiger partial charge < -0.3 is 15.2 Å². The van der Waals surface area contributed by atoms with Crippen molar-refractivity contribution in [1.29, 1.82) is 0 Å². The van der Waals surface area contributed by atoms with Crippen LogP contribution in [0.5, 0.6) is 0 Å². The number of carboxylic acids is 1. The molecule has 90 valence electrons. The number of carbonyl (C=O) groups is 3. The van der Waals surface area contributed by atoms with Crippen LogP contribution in [0.4, 0.5) is 0 Å². The van der Waals surface area contributed by atoms with Crippen LogP contribution in [0.15, 0.2) is 12.2 Å². The molecule has 0 aromatic rings. The number of aliphatic carboxylic acids is 1. The van der Waals surface area contributed by atoms with E-state index in [2.05, 4.69) is 16.6 Å². The van der Waals surface area contributed by atoms with E-state index in [0.717, 1.165) is 6.92 Å². The number of esters is 1. The topological polar surface area (TPSA) is 92.7 Å². The molecule has 0 spiro atoms. The number of carboxylic acid groups (broad SMARTS) is 1. The van der Waals surface area contributed by atoms with E-state index < -0.39 is 30.0 Å². The molecule has 0 aliphatic rings. The van der Waals surface area contributed by atoms with Crippen LogP contribution in [0.25, 0.3) is 0 Å². The molecule has 0 fully saturated rings. The first-order chi connectivity index (χ1) is 7.25. The van der Waals surface area contributed by atoms with Crippen molar-refractivity contribution >= 4 is 17.8 Å². The minimum absolute atomic E-state index is 0.249. The number of nitrogens with one attached hydrogen (secondary N) is 1. The van der Waals surface area contributed by atoms with Crippen molar-refractivity contribution in [1.82, 2.24) is 5.32 Å². The number of amides is 1. The zero-order chi connectivity index (χ0) is 12.9. The van der Waals surface area contributed by atoms with Crippen molar-refractivity contribution in [2.24, 2.45) is 0 Å². The Bertz CT molecular complexity index is 323. The van der Waals surface area contributed by atoms with E-state index in [4.69, 9.17) is 5.11 Å². The molecule has 0 aliphatic heterocycles. The third kappa shape index (κ3) is 4.59. The van der Waals surface area contributed by atoms with Gasteiger partial charge in [0.1, 0.15) is 0 Å². The SMILES string of the molecule is C=C(C)C(=O)NC(C)C(OC(C)=O)C(=O)O. The molecule has 2 unspecified atom stereocenters. The molecule has 6 heteroatoms. The summed E-state index contributed by atoms with van der Waals surface area (Å²) in [5.41, 5.74) is 0.249. The molecule has 0 saturated heterocycles. The van der Waals surface area contributed by atoms with E-state index in [1.54, 1.807) is 0 Å². The molecule has 0 aromatic heterocycles. The number of carbonyl (C=O) groups excluding carboxylic acids is 2. The molecule has 0 aromatic carbocycles. The fourth-order valence-corrected chi connectivity index (χ4v) is 0.951. The fourth-order valence-electron chi connectivity index (χ4n) is 0.951. The number of hydrogen-bond acceptors (Lipinski definition) is 4. The van der Waals surface area contributed by atoms with E-state index in [1.807, 2.05) is 0 Å². The van der Waals surface area contributed by atoms with Gasteiger partial charge in [0.15, 0.2) is 0 Å². The second-order valence-electron chi connectivity index (χ2n) is 3.41. The average Bonchev–Trinajstić information content (AvgIpc) is 2.12. The standard InChI is InChI=1S/C10H15NO5/c1-5(2)9(13)11-6(3)8(10(14)15)16-7(4)12/h6,8H,1H2,2-4H3,(H,11,13)(H,14,15). The predicted octanol–water partition coefficient (Wildman–Crippen LogP) is 0.0835. The smallest absolute Gasteiger partial charge is 0.347 e. The molecule has 0 radical (unpaired) electrons. The molecular weight excluding hydrogens is 214 g/mol. The maximum atomic E-state index is 11.2. The van der Waals surface area contributed by atoms with Crippen molar-refractivity contribution in [2.45, 2.75) is 32.9 Å². The third-order valence-electron chi connectivity index (χ3n) is 1.74. The van der Waals surface area contributed by atoms with Gasteiger partial charge in [-0.25, -0.2) is 4.79 Å². The summed E-state index contributed by atoms with van der Waals surface area (Å²) < 4.78 is 4.57. The lowest BCUT2D eigenvalue weighted by Gasteiger charge is -2.20. The Kier molecular flexibility index (Phi) is 5.21. The molecule has 0 bridgehead atoms. The molecule has 16 heavy (non-hydrogen) atoms. The van der Waals surface area contributed by atoms with Crippen LogP contribution in [-0.2, 0) is 19.1 Å². The lowest BCUT2D eigenvalue weighted by molar-refractivity contribution is -0.164. The van der Waals surface area contributed by atoms with Gasteiger partial charge in [0, 0.05) is 12.5 Å². The highest BCUT2D eigenvalue weighted by atomic mass is 16.6. The van der Waals surface area contributed by atoms with Crippen molar-refractivity contribution in [3.8, 4) is 0 Å². The van der Waals surface area contributed by atoms with Gasteiger partial charge in [-0.05, 0) is 13.8 Å². The van der Waals surface area contributed by atoms with Crippen LogP contribution < -0.4 is 5.32 Å². The number of rotatable bonds is 5. The maximum absolute atomic E-state index is 11.2.